The average molecular weight is 189 g/mol. The lowest BCUT2D eigenvalue weighted by molar-refractivity contribution is -0.118. The van der Waals surface area contributed by atoms with Crippen molar-refractivity contribution in [1.29, 1.82) is 0 Å². The monoisotopic (exact) mass is 189 g/mol. The predicted molar refractivity (Wildman–Crippen MR) is 53.7 cm³/mol. The van der Waals surface area contributed by atoms with Crippen molar-refractivity contribution >= 4 is 16.8 Å². The molecule has 0 saturated heterocycles. The number of nitrogens with zero attached hydrogens (tertiary/aromatic N) is 1. The van der Waals surface area contributed by atoms with Crippen LogP contribution in [0, 0.1) is 0 Å². The quantitative estimate of drug-likeness (QED) is 0.744. The van der Waals surface area contributed by atoms with Gasteiger partial charge in [-0.2, -0.15) is 0 Å². The Morgan fingerprint density at radius 2 is 2.29 bits per heavy atom. The van der Waals surface area contributed by atoms with Crippen LogP contribution >= 0.6 is 0 Å². The molecule has 0 amide bonds. The van der Waals surface area contributed by atoms with E-state index in [2.05, 4.69) is 9.97 Å². The number of carbonyl (C=O) groups excluding carboxylic acids is 1. The van der Waals surface area contributed by atoms with Crippen LogP contribution in [0.3, 0.4) is 0 Å². The number of nitrogens with two attached hydrogens (primary N) is 1. The molecule has 72 valence electrons. The number of nitrogens with one attached hydrogen (secondary N) is 1. The number of H-pyrrole nitrogens is 1. The Balaban J connectivity index is 2.48. The summed E-state index contributed by atoms with van der Waals surface area (Å²) in [6.07, 6.45) is 1.81. The molecule has 2 heterocycles. The van der Waals surface area contributed by atoms with Gasteiger partial charge in [-0.05, 0) is 25.1 Å². The molecule has 0 aromatic carbocycles. The van der Waals surface area contributed by atoms with E-state index in [9.17, 15) is 4.79 Å². The molecule has 2 aromatic rings. The first-order valence-electron chi connectivity index (χ1n) is 4.38. The van der Waals surface area contributed by atoms with Crippen LogP contribution in [0.25, 0.3) is 11.0 Å². The molecule has 3 N–H and O–H groups in total. The minimum absolute atomic E-state index is 0.0765. The van der Waals surface area contributed by atoms with Gasteiger partial charge in [0, 0.05) is 6.20 Å². The molecule has 0 saturated carbocycles. The first-order valence-corrected chi connectivity index (χ1v) is 4.38. The second-order valence-electron chi connectivity index (χ2n) is 3.23. The van der Waals surface area contributed by atoms with Gasteiger partial charge in [0.1, 0.15) is 6.04 Å². The number of carbonyl (C=O) groups is 1. The molecule has 1 atom stereocenters. The van der Waals surface area contributed by atoms with Crippen molar-refractivity contribution in [3.05, 3.63) is 30.1 Å². The lowest BCUT2D eigenvalue weighted by Crippen LogP contribution is -2.19. The summed E-state index contributed by atoms with van der Waals surface area (Å²) in [5, 5.41) is 0. The maximum atomic E-state index is 11.0. The van der Waals surface area contributed by atoms with Crippen LogP contribution in [0.15, 0.2) is 24.4 Å². The third kappa shape index (κ3) is 1.40. The molecule has 0 aliphatic heterocycles. The summed E-state index contributed by atoms with van der Waals surface area (Å²) in [5.74, 6) is -0.0765. The highest BCUT2D eigenvalue weighted by atomic mass is 16.1. The molecular formula is C10H11N3O. The van der Waals surface area contributed by atoms with Gasteiger partial charge >= 0.3 is 0 Å². The van der Waals surface area contributed by atoms with Crippen LogP contribution in [-0.2, 0) is 4.79 Å². The number of hydrogen-bond donors (Lipinski definition) is 2. The fourth-order valence-electron chi connectivity index (χ4n) is 1.33. The van der Waals surface area contributed by atoms with E-state index in [1.807, 2.05) is 12.1 Å². The van der Waals surface area contributed by atoms with Crippen molar-refractivity contribution in [2.45, 2.75) is 13.0 Å². The summed E-state index contributed by atoms with van der Waals surface area (Å²) in [5.41, 5.74) is 8.07. The normalized spacial score (nSPS) is 13.0. The minimum atomic E-state index is -0.616. The van der Waals surface area contributed by atoms with Crippen molar-refractivity contribution in [3.63, 3.8) is 0 Å². The molecule has 4 heteroatoms. The number of pyridine rings is 1. The van der Waals surface area contributed by atoms with Crippen LogP contribution in [-0.4, -0.2) is 15.8 Å². The van der Waals surface area contributed by atoms with E-state index >= 15 is 0 Å². The molecule has 2 rings (SSSR count). The van der Waals surface area contributed by atoms with Gasteiger partial charge in [-0.25, -0.2) is 4.98 Å². The molecule has 0 fully saturated rings. The zero-order valence-electron chi connectivity index (χ0n) is 7.82. The molecular weight excluding hydrogens is 178 g/mol. The molecule has 14 heavy (non-hydrogen) atoms. The van der Waals surface area contributed by atoms with E-state index in [1.54, 1.807) is 12.3 Å². The number of aromatic amines is 1. The smallest absolute Gasteiger partial charge is 0.152 e. The van der Waals surface area contributed by atoms with Gasteiger partial charge in [0.25, 0.3) is 0 Å². The number of aromatic nitrogens is 2. The summed E-state index contributed by atoms with van der Waals surface area (Å²) in [4.78, 5) is 18.4. The fraction of sp³-hybridized carbons (Fsp3) is 0.200. The highest BCUT2D eigenvalue weighted by Gasteiger charge is 2.12. The van der Waals surface area contributed by atoms with Gasteiger partial charge < -0.3 is 10.7 Å². The molecule has 0 radical (unpaired) electrons. The topological polar surface area (TPSA) is 71.8 Å². The summed E-state index contributed by atoms with van der Waals surface area (Å²) >= 11 is 0. The fourth-order valence-corrected chi connectivity index (χ4v) is 1.33. The van der Waals surface area contributed by atoms with E-state index in [0.29, 0.717) is 5.69 Å². The summed E-state index contributed by atoms with van der Waals surface area (Å²) in [6.45, 7) is 1.47. The highest BCUT2D eigenvalue weighted by molar-refractivity contribution is 5.83. The summed E-state index contributed by atoms with van der Waals surface area (Å²) in [6, 6.07) is 4.88. The molecule has 0 bridgehead atoms. The zero-order valence-corrected chi connectivity index (χ0v) is 7.82. The second-order valence-corrected chi connectivity index (χ2v) is 3.23. The van der Waals surface area contributed by atoms with Crippen molar-refractivity contribution in [2.75, 3.05) is 0 Å². The van der Waals surface area contributed by atoms with E-state index in [0.717, 1.165) is 11.0 Å². The third-order valence-electron chi connectivity index (χ3n) is 2.18. The lowest BCUT2D eigenvalue weighted by Gasteiger charge is -2.06. The zero-order chi connectivity index (χ0) is 10.1. The Labute approximate surface area is 81.1 Å². The van der Waals surface area contributed by atoms with Gasteiger partial charge in [0.2, 0.25) is 0 Å². The Hall–Kier alpha value is -1.68. The number of Topliss-reactive ketones (excluding diaryl/α,β-unsaturated/α-hetero) is 1. The first kappa shape index (κ1) is 8.90. The second kappa shape index (κ2) is 3.23. The molecule has 4 nitrogen and oxygen atoms in total. The Kier molecular flexibility index (Phi) is 2.05. The average Bonchev–Trinajstić information content (AvgIpc) is 2.62. The Bertz CT molecular complexity index is 475. The van der Waals surface area contributed by atoms with Crippen molar-refractivity contribution in [1.82, 2.24) is 9.97 Å². The maximum absolute atomic E-state index is 11.0. The minimum Gasteiger partial charge on any atom is -0.360 e. The number of rotatable bonds is 2. The van der Waals surface area contributed by atoms with Gasteiger partial charge in [-0.3, -0.25) is 4.79 Å². The Morgan fingerprint density at radius 1 is 1.50 bits per heavy atom. The van der Waals surface area contributed by atoms with E-state index in [-0.39, 0.29) is 5.78 Å². The van der Waals surface area contributed by atoms with Crippen LogP contribution < -0.4 is 5.73 Å². The Morgan fingerprint density at radius 3 is 3.00 bits per heavy atom. The van der Waals surface area contributed by atoms with Crippen LogP contribution in [0.2, 0.25) is 0 Å². The molecule has 2 aromatic heterocycles. The first-order chi connectivity index (χ1) is 6.68. The van der Waals surface area contributed by atoms with Crippen molar-refractivity contribution < 1.29 is 4.79 Å². The van der Waals surface area contributed by atoms with Gasteiger partial charge in [0.15, 0.2) is 5.78 Å². The largest absolute Gasteiger partial charge is 0.360 e. The van der Waals surface area contributed by atoms with Gasteiger partial charge in [-0.1, -0.05) is 0 Å². The van der Waals surface area contributed by atoms with E-state index in [4.69, 9.17) is 5.73 Å². The lowest BCUT2D eigenvalue weighted by atomic mass is 10.1. The molecule has 0 aliphatic carbocycles. The number of hydrogen-bond acceptors (Lipinski definition) is 3. The van der Waals surface area contributed by atoms with Crippen molar-refractivity contribution in [3.8, 4) is 0 Å². The standard InChI is InChI=1S/C10H11N3O/c1-6(14)10(11)9-3-2-7-8(13-9)4-5-12-7/h2-5,10,12H,11H2,1H3/t10-/m0/s1. The molecule has 0 spiro atoms. The van der Waals surface area contributed by atoms with Crippen LogP contribution in [0.5, 0.6) is 0 Å². The van der Waals surface area contributed by atoms with Gasteiger partial charge in [0.05, 0.1) is 16.7 Å². The summed E-state index contributed by atoms with van der Waals surface area (Å²) < 4.78 is 0. The number of fused-ring (bicyclic) bond motifs is 1. The van der Waals surface area contributed by atoms with Crippen molar-refractivity contribution in [2.24, 2.45) is 5.73 Å². The highest BCUT2D eigenvalue weighted by Crippen LogP contribution is 2.14. The predicted octanol–water partition coefficient (Wildman–Crippen LogP) is 1.15. The van der Waals surface area contributed by atoms with E-state index in [1.165, 1.54) is 6.92 Å². The SMILES string of the molecule is CC(=O)[C@H](N)c1ccc2[nH]ccc2n1. The van der Waals surface area contributed by atoms with Crippen LogP contribution in [0.1, 0.15) is 18.7 Å². The van der Waals surface area contributed by atoms with Gasteiger partial charge in [-0.15, -0.1) is 0 Å². The summed E-state index contributed by atoms with van der Waals surface area (Å²) in [7, 11) is 0. The molecule has 0 aliphatic rings. The van der Waals surface area contributed by atoms with E-state index < -0.39 is 6.04 Å². The molecule has 0 unspecified atom stereocenters. The third-order valence-corrected chi connectivity index (χ3v) is 2.18. The van der Waals surface area contributed by atoms with Crippen LogP contribution in [0.4, 0.5) is 0 Å². The maximum Gasteiger partial charge on any atom is 0.152 e. The number of ketones is 1.